The summed E-state index contributed by atoms with van der Waals surface area (Å²) in [5, 5.41) is 7.45. The topological polar surface area (TPSA) is 56.7 Å². The van der Waals surface area contributed by atoms with Crippen LogP contribution in [-0.4, -0.2) is 44.5 Å². The zero-order valence-electron chi connectivity index (χ0n) is 15.6. The van der Waals surface area contributed by atoms with E-state index in [9.17, 15) is 4.79 Å². The number of halogens is 1. The molecule has 0 radical (unpaired) electrons. The van der Waals surface area contributed by atoms with Crippen LogP contribution >= 0.6 is 11.6 Å². The molecule has 138 valence electrons. The molecule has 2 rings (SSSR count). The predicted molar refractivity (Wildman–Crippen MR) is 104 cm³/mol. The van der Waals surface area contributed by atoms with E-state index in [1.165, 1.54) is 0 Å². The Kier molecular flexibility index (Phi) is 6.71. The van der Waals surface area contributed by atoms with Crippen LogP contribution in [0.15, 0.2) is 29.3 Å². The van der Waals surface area contributed by atoms with Crippen molar-refractivity contribution in [3.63, 3.8) is 0 Å². The summed E-state index contributed by atoms with van der Waals surface area (Å²) in [5.74, 6) is 0.886. The van der Waals surface area contributed by atoms with Gasteiger partial charge in [-0.2, -0.15) is 0 Å². The molecule has 6 heteroatoms. The van der Waals surface area contributed by atoms with Gasteiger partial charge in [0, 0.05) is 32.7 Å². The summed E-state index contributed by atoms with van der Waals surface area (Å²) >= 11 is 6.27. The Labute approximate surface area is 155 Å². The molecule has 1 aromatic rings. The van der Waals surface area contributed by atoms with Crippen LogP contribution in [0.4, 0.5) is 0 Å². The molecule has 1 atom stereocenters. The van der Waals surface area contributed by atoms with Gasteiger partial charge in [-0.25, -0.2) is 0 Å². The van der Waals surface area contributed by atoms with Crippen LogP contribution < -0.4 is 10.6 Å². The molecule has 2 N–H and O–H groups in total. The molecule has 1 aliphatic rings. The summed E-state index contributed by atoms with van der Waals surface area (Å²) in [6.07, 6.45) is 4.05. The monoisotopic (exact) mass is 364 g/mol. The molecule has 1 amide bonds. The highest BCUT2D eigenvalue weighted by Gasteiger charge is 2.42. The molecule has 0 spiro atoms. The number of nitrogens with one attached hydrogen (secondary N) is 2. The molecule has 0 bridgehead atoms. The molecule has 0 heterocycles. The Hall–Kier alpha value is -1.75. The molecule has 25 heavy (non-hydrogen) atoms. The van der Waals surface area contributed by atoms with Crippen LogP contribution in [0.5, 0.6) is 0 Å². The van der Waals surface area contributed by atoms with Gasteiger partial charge in [0.2, 0.25) is 5.91 Å². The first-order chi connectivity index (χ1) is 11.9. The van der Waals surface area contributed by atoms with Crippen LogP contribution in [0.1, 0.15) is 44.2 Å². The van der Waals surface area contributed by atoms with Gasteiger partial charge in [-0.15, -0.1) is 0 Å². The Bertz CT molecular complexity index is 624. The minimum absolute atomic E-state index is 0.0176. The highest BCUT2D eigenvalue weighted by atomic mass is 35.5. The standard InChI is InChI=1S/C19H29ClN4O/c1-14(15-9-5-6-10-16(15)20)23-18(21-2)22-13-19(11-7-8-12-19)17(25)24(3)4/h5-6,9-10,14H,7-8,11-13H2,1-4H3,(H2,21,22,23). The number of nitrogens with zero attached hydrogens (tertiary/aromatic N) is 2. The highest BCUT2D eigenvalue weighted by Crippen LogP contribution is 2.38. The molecule has 5 nitrogen and oxygen atoms in total. The largest absolute Gasteiger partial charge is 0.355 e. The molecule has 0 aliphatic heterocycles. The van der Waals surface area contributed by atoms with E-state index in [1.807, 2.05) is 45.3 Å². The van der Waals surface area contributed by atoms with Crippen molar-refractivity contribution < 1.29 is 4.79 Å². The van der Waals surface area contributed by atoms with Crippen molar-refractivity contribution in [1.82, 2.24) is 15.5 Å². The van der Waals surface area contributed by atoms with Crippen molar-refractivity contribution in [2.75, 3.05) is 27.7 Å². The third kappa shape index (κ3) is 4.66. The number of guanidine groups is 1. The van der Waals surface area contributed by atoms with Gasteiger partial charge in [-0.3, -0.25) is 9.79 Å². The second-order valence-electron chi connectivity index (χ2n) is 7.00. The van der Waals surface area contributed by atoms with E-state index in [0.717, 1.165) is 36.3 Å². The minimum atomic E-state index is -0.325. The van der Waals surface area contributed by atoms with Gasteiger partial charge in [0.15, 0.2) is 5.96 Å². The normalized spacial score (nSPS) is 17.9. The lowest BCUT2D eigenvalue weighted by molar-refractivity contribution is -0.138. The molecular formula is C19H29ClN4O. The minimum Gasteiger partial charge on any atom is -0.355 e. The van der Waals surface area contributed by atoms with Crippen LogP contribution in [0, 0.1) is 5.41 Å². The fraction of sp³-hybridized carbons (Fsp3) is 0.579. The summed E-state index contributed by atoms with van der Waals surface area (Å²) < 4.78 is 0. The van der Waals surface area contributed by atoms with Crippen molar-refractivity contribution in [3.05, 3.63) is 34.9 Å². The molecule has 0 saturated heterocycles. The van der Waals surface area contributed by atoms with Crippen molar-refractivity contribution in [2.24, 2.45) is 10.4 Å². The lowest BCUT2D eigenvalue weighted by Gasteiger charge is -2.31. The molecule has 0 aromatic heterocycles. The van der Waals surface area contributed by atoms with Crippen LogP contribution in [0.2, 0.25) is 5.02 Å². The highest BCUT2D eigenvalue weighted by molar-refractivity contribution is 6.31. The van der Waals surface area contributed by atoms with Crippen LogP contribution in [-0.2, 0) is 4.79 Å². The first-order valence-electron chi connectivity index (χ1n) is 8.83. The number of carbonyl (C=O) groups excluding carboxylic acids is 1. The molecule has 1 aliphatic carbocycles. The van der Waals surface area contributed by atoms with Gasteiger partial charge in [0.1, 0.15) is 0 Å². The summed E-state index contributed by atoms with van der Waals surface area (Å²) in [6, 6.07) is 7.79. The quantitative estimate of drug-likeness (QED) is 0.623. The maximum atomic E-state index is 12.7. The fourth-order valence-electron chi connectivity index (χ4n) is 3.55. The maximum Gasteiger partial charge on any atom is 0.230 e. The molecule has 1 unspecified atom stereocenters. The average Bonchev–Trinajstić information content (AvgIpc) is 3.08. The van der Waals surface area contributed by atoms with Gasteiger partial charge in [-0.1, -0.05) is 42.6 Å². The van der Waals surface area contributed by atoms with Crippen molar-refractivity contribution >= 4 is 23.5 Å². The molecule has 1 saturated carbocycles. The van der Waals surface area contributed by atoms with Gasteiger partial charge >= 0.3 is 0 Å². The SMILES string of the molecule is CN=C(NCC1(C(=O)N(C)C)CCCC1)NC(C)c1ccccc1Cl. The summed E-state index contributed by atoms with van der Waals surface area (Å²) in [5.41, 5.74) is 0.696. The Morgan fingerprint density at radius 3 is 2.52 bits per heavy atom. The second kappa shape index (κ2) is 8.56. The summed E-state index contributed by atoms with van der Waals surface area (Å²) in [6.45, 7) is 2.64. The van der Waals surface area contributed by atoms with Crippen molar-refractivity contribution in [2.45, 2.75) is 38.6 Å². The molecular weight excluding hydrogens is 336 g/mol. The van der Waals surface area contributed by atoms with E-state index in [-0.39, 0.29) is 17.4 Å². The number of benzene rings is 1. The number of amides is 1. The Balaban J connectivity index is 2.02. The summed E-state index contributed by atoms with van der Waals surface area (Å²) in [4.78, 5) is 18.7. The third-order valence-corrected chi connectivity index (χ3v) is 5.31. The Morgan fingerprint density at radius 2 is 1.96 bits per heavy atom. The predicted octanol–water partition coefficient (Wildman–Crippen LogP) is 3.21. The lowest BCUT2D eigenvalue weighted by atomic mass is 9.84. The maximum absolute atomic E-state index is 12.7. The third-order valence-electron chi connectivity index (χ3n) is 4.96. The van der Waals surface area contributed by atoms with E-state index in [2.05, 4.69) is 15.6 Å². The van der Waals surface area contributed by atoms with Gasteiger partial charge in [0.05, 0.1) is 11.5 Å². The van der Waals surface area contributed by atoms with Crippen LogP contribution in [0.25, 0.3) is 0 Å². The van der Waals surface area contributed by atoms with Gasteiger partial charge in [0.25, 0.3) is 0 Å². The zero-order chi connectivity index (χ0) is 18.4. The summed E-state index contributed by atoms with van der Waals surface area (Å²) in [7, 11) is 5.40. The first kappa shape index (κ1) is 19.6. The number of rotatable bonds is 5. The zero-order valence-corrected chi connectivity index (χ0v) is 16.4. The van der Waals surface area contributed by atoms with E-state index in [4.69, 9.17) is 11.6 Å². The average molecular weight is 365 g/mol. The van der Waals surface area contributed by atoms with E-state index >= 15 is 0 Å². The van der Waals surface area contributed by atoms with Crippen molar-refractivity contribution in [1.29, 1.82) is 0 Å². The fourth-order valence-corrected chi connectivity index (χ4v) is 3.85. The number of carbonyl (C=O) groups is 1. The molecule has 1 aromatic carbocycles. The Morgan fingerprint density at radius 1 is 1.32 bits per heavy atom. The van der Waals surface area contributed by atoms with Crippen LogP contribution in [0.3, 0.4) is 0 Å². The second-order valence-corrected chi connectivity index (χ2v) is 7.41. The lowest BCUT2D eigenvalue weighted by Crippen LogP contribution is -2.49. The van der Waals surface area contributed by atoms with E-state index in [1.54, 1.807) is 11.9 Å². The number of hydrogen-bond donors (Lipinski definition) is 2. The smallest absolute Gasteiger partial charge is 0.230 e. The number of aliphatic imine (C=N–C) groups is 1. The van der Waals surface area contributed by atoms with Gasteiger partial charge < -0.3 is 15.5 Å². The van der Waals surface area contributed by atoms with Gasteiger partial charge in [-0.05, 0) is 31.4 Å². The van der Waals surface area contributed by atoms with Crippen molar-refractivity contribution in [3.8, 4) is 0 Å². The van der Waals surface area contributed by atoms with E-state index < -0.39 is 0 Å². The molecule has 1 fully saturated rings. The first-order valence-corrected chi connectivity index (χ1v) is 9.21. The van der Waals surface area contributed by atoms with E-state index in [0.29, 0.717) is 12.5 Å². The number of hydrogen-bond acceptors (Lipinski definition) is 2.